The van der Waals surface area contributed by atoms with Crippen LogP contribution in [0.3, 0.4) is 0 Å². The number of hydrogen-bond acceptors (Lipinski definition) is 5. The summed E-state index contributed by atoms with van der Waals surface area (Å²) < 4.78 is 7.50. The summed E-state index contributed by atoms with van der Waals surface area (Å²) >= 11 is 0. The minimum atomic E-state index is -0.200. The Labute approximate surface area is 142 Å². The summed E-state index contributed by atoms with van der Waals surface area (Å²) in [6.45, 7) is 3.00. The Hall–Kier alpha value is -1.76. The summed E-state index contributed by atoms with van der Waals surface area (Å²) in [7, 11) is 0. The van der Waals surface area contributed by atoms with Crippen molar-refractivity contribution in [1.82, 2.24) is 19.7 Å². The van der Waals surface area contributed by atoms with E-state index in [1.165, 1.54) is 0 Å². The third kappa shape index (κ3) is 3.22. The highest BCUT2D eigenvalue weighted by atomic mass is 16.5. The zero-order valence-corrected chi connectivity index (χ0v) is 13.8. The number of ether oxygens (including phenoxy) is 1. The quantitative estimate of drug-likeness (QED) is 0.924. The van der Waals surface area contributed by atoms with Crippen LogP contribution in [0.15, 0.2) is 36.7 Å². The van der Waals surface area contributed by atoms with Crippen molar-refractivity contribution in [2.24, 2.45) is 5.92 Å². The fourth-order valence-electron chi connectivity index (χ4n) is 3.92. The second kappa shape index (κ2) is 7.01. The van der Waals surface area contributed by atoms with Gasteiger partial charge in [0.25, 0.3) is 0 Å². The molecular formula is C18H24N4O2. The van der Waals surface area contributed by atoms with E-state index in [0.29, 0.717) is 19.1 Å². The molecule has 4 rings (SSSR count). The molecule has 3 atom stereocenters. The molecule has 2 heterocycles. The van der Waals surface area contributed by atoms with Crippen LogP contribution in [0.25, 0.3) is 5.69 Å². The average Bonchev–Trinajstić information content (AvgIpc) is 3.25. The number of benzene rings is 1. The Bertz CT molecular complexity index is 660. The van der Waals surface area contributed by atoms with E-state index in [-0.39, 0.29) is 12.1 Å². The molecule has 2 aliphatic rings. The Balaban J connectivity index is 1.48. The van der Waals surface area contributed by atoms with Crippen molar-refractivity contribution in [3.63, 3.8) is 0 Å². The van der Waals surface area contributed by atoms with Gasteiger partial charge >= 0.3 is 0 Å². The highest BCUT2D eigenvalue weighted by Crippen LogP contribution is 2.32. The normalized spacial score (nSPS) is 28.3. The molecule has 1 aromatic carbocycles. The lowest BCUT2D eigenvalue weighted by Gasteiger charge is -2.39. The predicted octanol–water partition coefficient (Wildman–Crippen LogP) is 1.63. The fraction of sp³-hybridized carbons (Fsp3) is 0.556. The molecule has 0 bridgehead atoms. The highest BCUT2D eigenvalue weighted by molar-refractivity contribution is 5.29. The van der Waals surface area contributed by atoms with Crippen LogP contribution in [-0.2, 0) is 11.3 Å². The van der Waals surface area contributed by atoms with E-state index in [4.69, 9.17) is 4.74 Å². The first-order valence-electron chi connectivity index (χ1n) is 8.77. The summed E-state index contributed by atoms with van der Waals surface area (Å²) in [5.41, 5.74) is 1.01. The van der Waals surface area contributed by atoms with E-state index >= 15 is 0 Å². The van der Waals surface area contributed by atoms with Crippen LogP contribution in [-0.4, -0.2) is 56.7 Å². The Morgan fingerprint density at radius 3 is 2.88 bits per heavy atom. The molecule has 1 aromatic heterocycles. The number of aliphatic hydroxyl groups is 1. The lowest BCUT2D eigenvalue weighted by atomic mass is 9.94. The molecule has 0 spiro atoms. The van der Waals surface area contributed by atoms with Crippen molar-refractivity contribution in [2.45, 2.75) is 38.0 Å². The van der Waals surface area contributed by atoms with Crippen LogP contribution < -0.4 is 0 Å². The molecular weight excluding hydrogens is 304 g/mol. The van der Waals surface area contributed by atoms with Gasteiger partial charge in [0, 0.05) is 18.5 Å². The topological polar surface area (TPSA) is 63.4 Å². The maximum atomic E-state index is 10.3. The molecule has 1 saturated carbocycles. The number of rotatable bonds is 4. The second-order valence-electron chi connectivity index (χ2n) is 6.72. The van der Waals surface area contributed by atoms with Gasteiger partial charge in [-0.3, -0.25) is 4.90 Å². The van der Waals surface area contributed by atoms with E-state index in [2.05, 4.69) is 15.0 Å². The Morgan fingerprint density at radius 1 is 1.21 bits per heavy atom. The van der Waals surface area contributed by atoms with Crippen molar-refractivity contribution in [3.8, 4) is 5.69 Å². The predicted molar refractivity (Wildman–Crippen MR) is 89.7 cm³/mol. The first kappa shape index (κ1) is 15.7. The van der Waals surface area contributed by atoms with Crippen LogP contribution in [0.1, 0.15) is 25.1 Å². The third-order valence-corrected chi connectivity index (χ3v) is 5.21. The fourth-order valence-corrected chi connectivity index (χ4v) is 3.92. The largest absolute Gasteiger partial charge is 0.393 e. The van der Waals surface area contributed by atoms with Gasteiger partial charge in [-0.1, -0.05) is 24.6 Å². The molecule has 1 aliphatic heterocycles. The van der Waals surface area contributed by atoms with Gasteiger partial charge in [-0.05, 0) is 25.0 Å². The van der Waals surface area contributed by atoms with Crippen LogP contribution in [0.2, 0.25) is 0 Å². The monoisotopic (exact) mass is 328 g/mol. The minimum Gasteiger partial charge on any atom is -0.393 e. The lowest BCUT2D eigenvalue weighted by Crippen LogP contribution is -2.50. The maximum Gasteiger partial charge on any atom is 0.165 e. The molecule has 128 valence electrons. The molecule has 1 saturated heterocycles. The summed E-state index contributed by atoms with van der Waals surface area (Å²) in [6.07, 6.45) is 4.67. The maximum absolute atomic E-state index is 10.3. The lowest BCUT2D eigenvalue weighted by molar-refractivity contribution is -0.0545. The number of aromatic nitrogens is 3. The van der Waals surface area contributed by atoms with Crippen molar-refractivity contribution in [1.29, 1.82) is 0 Å². The highest BCUT2D eigenvalue weighted by Gasteiger charge is 2.37. The second-order valence-corrected chi connectivity index (χ2v) is 6.72. The van der Waals surface area contributed by atoms with Crippen LogP contribution >= 0.6 is 0 Å². The standard InChI is InChI=1S/C18H24N4O2/c23-17-8-4-7-15(17)16-12-24-10-9-21(16)11-18-19-13-22(20-18)14-5-2-1-3-6-14/h1-3,5-6,13,15-17,23H,4,7-12H2. The zero-order valence-electron chi connectivity index (χ0n) is 13.8. The van der Waals surface area contributed by atoms with Gasteiger partial charge in [-0.25, -0.2) is 9.67 Å². The summed E-state index contributed by atoms with van der Waals surface area (Å²) in [5, 5.41) is 14.9. The van der Waals surface area contributed by atoms with E-state index in [9.17, 15) is 5.11 Å². The Kier molecular flexibility index (Phi) is 4.60. The van der Waals surface area contributed by atoms with Gasteiger partial charge in [0.2, 0.25) is 0 Å². The van der Waals surface area contributed by atoms with Gasteiger partial charge in [-0.15, -0.1) is 5.10 Å². The van der Waals surface area contributed by atoms with E-state index in [1.54, 1.807) is 6.33 Å². The SMILES string of the molecule is OC1CCCC1C1COCCN1Cc1ncn(-c2ccccc2)n1. The number of nitrogens with zero attached hydrogens (tertiary/aromatic N) is 4. The number of aliphatic hydroxyl groups excluding tert-OH is 1. The van der Waals surface area contributed by atoms with Crippen molar-refractivity contribution in [2.75, 3.05) is 19.8 Å². The first-order valence-corrected chi connectivity index (χ1v) is 8.77. The molecule has 3 unspecified atom stereocenters. The van der Waals surface area contributed by atoms with Crippen LogP contribution in [0.4, 0.5) is 0 Å². The molecule has 2 fully saturated rings. The molecule has 0 amide bonds. The zero-order chi connectivity index (χ0) is 16.4. The third-order valence-electron chi connectivity index (χ3n) is 5.21. The van der Waals surface area contributed by atoms with E-state index < -0.39 is 0 Å². The molecule has 6 nitrogen and oxygen atoms in total. The van der Waals surface area contributed by atoms with Crippen molar-refractivity contribution < 1.29 is 9.84 Å². The molecule has 24 heavy (non-hydrogen) atoms. The number of morpholine rings is 1. The average molecular weight is 328 g/mol. The number of para-hydroxylation sites is 1. The first-order chi connectivity index (χ1) is 11.8. The van der Waals surface area contributed by atoms with Crippen LogP contribution in [0.5, 0.6) is 0 Å². The number of hydrogen-bond donors (Lipinski definition) is 1. The summed E-state index contributed by atoms with van der Waals surface area (Å²) in [4.78, 5) is 6.86. The smallest absolute Gasteiger partial charge is 0.165 e. The Morgan fingerprint density at radius 2 is 2.08 bits per heavy atom. The van der Waals surface area contributed by atoms with E-state index in [0.717, 1.165) is 43.9 Å². The van der Waals surface area contributed by atoms with Crippen LogP contribution in [0, 0.1) is 5.92 Å². The summed E-state index contributed by atoms with van der Waals surface area (Å²) in [5.74, 6) is 1.12. The van der Waals surface area contributed by atoms with Crippen molar-refractivity contribution >= 4 is 0 Å². The van der Waals surface area contributed by atoms with Gasteiger partial charge < -0.3 is 9.84 Å². The van der Waals surface area contributed by atoms with Gasteiger partial charge in [0.15, 0.2) is 5.82 Å². The van der Waals surface area contributed by atoms with Gasteiger partial charge in [0.1, 0.15) is 6.33 Å². The minimum absolute atomic E-state index is 0.200. The molecule has 1 aliphatic carbocycles. The molecule has 2 aromatic rings. The van der Waals surface area contributed by atoms with Gasteiger partial charge in [-0.2, -0.15) is 0 Å². The van der Waals surface area contributed by atoms with Crippen molar-refractivity contribution in [3.05, 3.63) is 42.5 Å². The summed E-state index contributed by atoms with van der Waals surface area (Å²) in [6, 6.07) is 10.3. The molecule has 6 heteroatoms. The molecule has 0 radical (unpaired) electrons. The van der Waals surface area contributed by atoms with E-state index in [1.807, 2.05) is 35.0 Å². The molecule has 1 N–H and O–H groups in total. The van der Waals surface area contributed by atoms with Gasteiger partial charge in [0.05, 0.1) is 31.5 Å².